The number of rotatable bonds is 5. The Bertz CT molecular complexity index is 440. The van der Waals surface area contributed by atoms with Crippen molar-refractivity contribution < 1.29 is 4.79 Å². The molecule has 1 aromatic carbocycles. The van der Waals surface area contributed by atoms with Crippen molar-refractivity contribution in [2.24, 2.45) is 11.7 Å². The van der Waals surface area contributed by atoms with Gasteiger partial charge in [0.15, 0.2) is 0 Å². The van der Waals surface area contributed by atoms with Crippen LogP contribution in [0.3, 0.4) is 0 Å². The molecule has 0 bridgehead atoms. The van der Waals surface area contributed by atoms with Crippen LogP contribution in [0.2, 0.25) is 0 Å². The number of benzene rings is 1. The molecule has 3 heteroatoms. The maximum Gasteiger partial charge on any atom is 0.239 e. The maximum absolute atomic E-state index is 12.0. The minimum atomic E-state index is -0.399. The summed E-state index contributed by atoms with van der Waals surface area (Å²) in [5, 5.41) is 0. The van der Waals surface area contributed by atoms with Gasteiger partial charge in [0.05, 0.1) is 6.04 Å². The molecule has 0 aromatic heterocycles. The standard InChI is InChI=1S/C16H26N2O/c1-11(2)15(17)16(19)18(5)9-8-14-7-6-12(3)10-13(14)4/h6-7,10-11,15H,8-9,17H2,1-5H3. The van der Waals surface area contributed by atoms with E-state index in [1.165, 1.54) is 16.7 Å². The molecule has 1 amide bonds. The molecule has 19 heavy (non-hydrogen) atoms. The van der Waals surface area contributed by atoms with Crippen molar-refractivity contribution in [3.63, 3.8) is 0 Å². The molecule has 0 saturated carbocycles. The molecule has 0 saturated heterocycles. The van der Waals surface area contributed by atoms with Crippen molar-refractivity contribution in [1.29, 1.82) is 0 Å². The summed E-state index contributed by atoms with van der Waals surface area (Å²) in [5.41, 5.74) is 9.74. The van der Waals surface area contributed by atoms with E-state index < -0.39 is 6.04 Å². The number of carbonyl (C=O) groups excluding carboxylic acids is 1. The molecule has 0 fully saturated rings. The second kappa shape index (κ2) is 6.71. The number of hydrogen-bond acceptors (Lipinski definition) is 2. The van der Waals surface area contributed by atoms with Gasteiger partial charge in [0.2, 0.25) is 5.91 Å². The summed E-state index contributed by atoms with van der Waals surface area (Å²) in [6.45, 7) is 8.86. The summed E-state index contributed by atoms with van der Waals surface area (Å²) < 4.78 is 0. The second-order valence-electron chi connectivity index (χ2n) is 5.71. The number of hydrogen-bond donors (Lipinski definition) is 1. The molecule has 1 atom stereocenters. The van der Waals surface area contributed by atoms with Gasteiger partial charge in [-0.1, -0.05) is 37.6 Å². The van der Waals surface area contributed by atoms with E-state index in [-0.39, 0.29) is 11.8 Å². The van der Waals surface area contributed by atoms with Crippen molar-refractivity contribution in [3.8, 4) is 0 Å². The third kappa shape index (κ3) is 4.35. The summed E-state index contributed by atoms with van der Waals surface area (Å²) in [4.78, 5) is 13.8. The first-order valence-corrected chi connectivity index (χ1v) is 6.89. The molecule has 0 radical (unpaired) electrons. The third-order valence-electron chi connectivity index (χ3n) is 3.59. The van der Waals surface area contributed by atoms with Gasteiger partial charge in [0.1, 0.15) is 0 Å². The third-order valence-corrected chi connectivity index (χ3v) is 3.59. The molecule has 1 rings (SSSR count). The number of likely N-dealkylation sites (N-methyl/N-ethyl adjacent to an activating group) is 1. The summed E-state index contributed by atoms with van der Waals surface area (Å²) in [7, 11) is 1.83. The summed E-state index contributed by atoms with van der Waals surface area (Å²) in [6.07, 6.45) is 0.874. The normalized spacial score (nSPS) is 12.6. The van der Waals surface area contributed by atoms with Gasteiger partial charge in [-0.3, -0.25) is 4.79 Å². The fraction of sp³-hybridized carbons (Fsp3) is 0.562. The zero-order valence-electron chi connectivity index (χ0n) is 12.7. The SMILES string of the molecule is Cc1ccc(CCN(C)C(=O)C(N)C(C)C)c(C)c1. The van der Waals surface area contributed by atoms with Crippen LogP contribution in [0.5, 0.6) is 0 Å². The first-order chi connectivity index (χ1) is 8.82. The van der Waals surface area contributed by atoms with Crippen LogP contribution in [0.1, 0.15) is 30.5 Å². The van der Waals surface area contributed by atoms with Gasteiger partial charge in [-0.15, -0.1) is 0 Å². The lowest BCUT2D eigenvalue weighted by molar-refractivity contribution is -0.132. The lowest BCUT2D eigenvalue weighted by Gasteiger charge is -2.23. The molecule has 0 aliphatic rings. The Morgan fingerprint density at radius 1 is 1.32 bits per heavy atom. The molecular weight excluding hydrogens is 236 g/mol. The van der Waals surface area contributed by atoms with E-state index in [1.807, 2.05) is 20.9 Å². The molecule has 106 valence electrons. The van der Waals surface area contributed by atoms with Crippen molar-refractivity contribution in [2.45, 2.75) is 40.2 Å². The maximum atomic E-state index is 12.0. The lowest BCUT2D eigenvalue weighted by Crippen LogP contribution is -2.45. The minimum Gasteiger partial charge on any atom is -0.344 e. The molecule has 0 heterocycles. The highest BCUT2D eigenvalue weighted by molar-refractivity contribution is 5.81. The van der Waals surface area contributed by atoms with E-state index in [4.69, 9.17) is 5.73 Å². The number of nitrogens with two attached hydrogens (primary N) is 1. The van der Waals surface area contributed by atoms with Gasteiger partial charge in [-0.25, -0.2) is 0 Å². The van der Waals surface area contributed by atoms with Crippen molar-refractivity contribution in [3.05, 3.63) is 34.9 Å². The van der Waals surface area contributed by atoms with E-state index >= 15 is 0 Å². The number of nitrogens with zero attached hydrogens (tertiary/aromatic N) is 1. The Kier molecular flexibility index (Phi) is 5.55. The van der Waals surface area contributed by atoms with Gasteiger partial charge in [-0.05, 0) is 37.3 Å². The fourth-order valence-corrected chi connectivity index (χ4v) is 2.06. The zero-order chi connectivity index (χ0) is 14.6. The average Bonchev–Trinajstić information content (AvgIpc) is 2.35. The Labute approximate surface area is 116 Å². The monoisotopic (exact) mass is 262 g/mol. The molecule has 0 spiro atoms. The highest BCUT2D eigenvalue weighted by Crippen LogP contribution is 2.12. The van der Waals surface area contributed by atoms with Gasteiger partial charge >= 0.3 is 0 Å². The first-order valence-electron chi connectivity index (χ1n) is 6.89. The number of carbonyl (C=O) groups is 1. The van der Waals surface area contributed by atoms with Crippen molar-refractivity contribution in [1.82, 2.24) is 4.90 Å². The van der Waals surface area contributed by atoms with E-state index in [2.05, 4.69) is 32.0 Å². The predicted molar refractivity (Wildman–Crippen MR) is 80.1 cm³/mol. The van der Waals surface area contributed by atoms with Crippen LogP contribution in [0.15, 0.2) is 18.2 Å². The molecule has 2 N–H and O–H groups in total. The van der Waals surface area contributed by atoms with Crippen LogP contribution >= 0.6 is 0 Å². The van der Waals surface area contributed by atoms with Gasteiger partial charge in [0.25, 0.3) is 0 Å². The van der Waals surface area contributed by atoms with E-state index in [1.54, 1.807) is 4.90 Å². The topological polar surface area (TPSA) is 46.3 Å². The molecule has 3 nitrogen and oxygen atoms in total. The summed E-state index contributed by atoms with van der Waals surface area (Å²) in [5.74, 6) is 0.204. The lowest BCUT2D eigenvalue weighted by atomic mass is 10.0. The van der Waals surface area contributed by atoms with Gasteiger partial charge in [0, 0.05) is 13.6 Å². The largest absolute Gasteiger partial charge is 0.344 e. The quantitative estimate of drug-likeness (QED) is 0.885. The summed E-state index contributed by atoms with van der Waals surface area (Å²) >= 11 is 0. The average molecular weight is 262 g/mol. The van der Waals surface area contributed by atoms with Crippen LogP contribution < -0.4 is 5.73 Å². The van der Waals surface area contributed by atoms with Crippen LogP contribution in [0, 0.1) is 19.8 Å². The first kappa shape index (κ1) is 15.7. The van der Waals surface area contributed by atoms with Crippen LogP contribution in [0.25, 0.3) is 0 Å². The second-order valence-corrected chi connectivity index (χ2v) is 5.71. The highest BCUT2D eigenvalue weighted by Gasteiger charge is 2.20. The Morgan fingerprint density at radius 3 is 2.47 bits per heavy atom. The summed E-state index contributed by atoms with van der Waals surface area (Å²) in [6, 6.07) is 6.04. The minimum absolute atomic E-state index is 0.0276. The Balaban J connectivity index is 2.59. The fourth-order valence-electron chi connectivity index (χ4n) is 2.06. The smallest absolute Gasteiger partial charge is 0.239 e. The van der Waals surface area contributed by atoms with E-state index in [0.29, 0.717) is 6.54 Å². The molecule has 0 aliphatic heterocycles. The number of amides is 1. The molecule has 0 aliphatic carbocycles. The highest BCUT2D eigenvalue weighted by atomic mass is 16.2. The van der Waals surface area contributed by atoms with Crippen LogP contribution in [-0.2, 0) is 11.2 Å². The van der Waals surface area contributed by atoms with Gasteiger partial charge in [-0.2, -0.15) is 0 Å². The van der Waals surface area contributed by atoms with E-state index in [0.717, 1.165) is 6.42 Å². The predicted octanol–water partition coefficient (Wildman–Crippen LogP) is 2.29. The Hall–Kier alpha value is -1.35. The molecular formula is C16H26N2O. The van der Waals surface area contributed by atoms with Crippen LogP contribution in [0.4, 0.5) is 0 Å². The van der Waals surface area contributed by atoms with Crippen molar-refractivity contribution >= 4 is 5.91 Å². The number of aryl methyl sites for hydroxylation is 2. The van der Waals surface area contributed by atoms with Crippen LogP contribution in [-0.4, -0.2) is 30.4 Å². The Morgan fingerprint density at radius 2 is 1.95 bits per heavy atom. The van der Waals surface area contributed by atoms with Gasteiger partial charge < -0.3 is 10.6 Å². The molecule has 1 aromatic rings. The van der Waals surface area contributed by atoms with E-state index in [9.17, 15) is 4.79 Å². The molecule has 1 unspecified atom stereocenters. The zero-order valence-corrected chi connectivity index (χ0v) is 12.7. The van der Waals surface area contributed by atoms with Crippen molar-refractivity contribution in [2.75, 3.05) is 13.6 Å².